The Morgan fingerprint density at radius 3 is 2.62 bits per heavy atom. The molecule has 6 heteroatoms. The van der Waals surface area contributed by atoms with Gasteiger partial charge >= 0.3 is 0 Å². The Hall–Kier alpha value is -2.27. The zero-order valence-corrected chi connectivity index (χ0v) is 12.5. The summed E-state index contributed by atoms with van der Waals surface area (Å²) in [5, 5.41) is 14.7. The Kier molecular flexibility index (Phi) is 4.65. The Bertz CT molecular complexity index is 674. The summed E-state index contributed by atoms with van der Waals surface area (Å²) < 4.78 is 5.69. The van der Waals surface area contributed by atoms with Crippen LogP contribution in [0.5, 0.6) is 11.5 Å². The van der Waals surface area contributed by atoms with Crippen LogP contribution < -0.4 is 10.1 Å². The fourth-order valence-electron chi connectivity index (χ4n) is 1.87. The normalized spacial score (nSPS) is 10.2. The summed E-state index contributed by atoms with van der Waals surface area (Å²) in [5.41, 5.74) is 1.51. The van der Waals surface area contributed by atoms with Gasteiger partial charge in [-0.1, -0.05) is 11.6 Å². The minimum atomic E-state index is -0.444. The summed E-state index contributed by atoms with van der Waals surface area (Å²) in [6.07, 6.45) is 0. The molecule has 0 atom stereocenters. The smallest absolute Gasteiger partial charge is 0.275 e. The number of benzene rings is 2. The molecule has 0 saturated carbocycles. The Morgan fingerprint density at radius 1 is 1.24 bits per heavy atom. The maximum atomic E-state index is 11.0. The van der Waals surface area contributed by atoms with Crippen molar-refractivity contribution in [3.05, 3.63) is 57.1 Å². The number of rotatable bonds is 5. The number of hydrogen-bond acceptors (Lipinski definition) is 4. The third-order valence-electron chi connectivity index (χ3n) is 2.85. The van der Waals surface area contributed by atoms with Gasteiger partial charge in [-0.3, -0.25) is 10.1 Å². The van der Waals surface area contributed by atoms with Gasteiger partial charge in [0.05, 0.1) is 11.0 Å². The van der Waals surface area contributed by atoms with Gasteiger partial charge in [0.1, 0.15) is 11.5 Å². The molecule has 0 aromatic heterocycles. The fourth-order valence-corrected chi connectivity index (χ4v) is 1.99. The molecule has 0 unspecified atom stereocenters. The third-order valence-corrected chi connectivity index (χ3v) is 3.27. The minimum absolute atomic E-state index is 0.0193. The maximum Gasteiger partial charge on any atom is 0.275 e. The van der Waals surface area contributed by atoms with E-state index in [1.807, 2.05) is 13.8 Å². The van der Waals surface area contributed by atoms with Crippen LogP contribution in [0.15, 0.2) is 36.4 Å². The molecule has 0 aliphatic heterocycles. The second-order valence-corrected chi connectivity index (χ2v) is 4.92. The maximum absolute atomic E-state index is 11.0. The van der Waals surface area contributed by atoms with Crippen molar-refractivity contribution in [2.75, 3.05) is 11.9 Å². The molecule has 21 heavy (non-hydrogen) atoms. The number of nitrogens with one attached hydrogen (secondary N) is 1. The van der Waals surface area contributed by atoms with Crippen LogP contribution in [0.4, 0.5) is 11.4 Å². The van der Waals surface area contributed by atoms with E-state index in [1.54, 1.807) is 24.3 Å². The summed E-state index contributed by atoms with van der Waals surface area (Å²) in [6, 6.07) is 9.83. The van der Waals surface area contributed by atoms with Gasteiger partial charge in [0, 0.05) is 29.4 Å². The lowest BCUT2D eigenvalue weighted by Crippen LogP contribution is -1.98. The standard InChI is InChI=1S/C15H15ClN2O3/c1-3-17-11-7-12(18(19)20)9-14(8-11)21-13-4-5-15(16)10(2)6-13/h4-9,17H,3H2,1-2H3. The molecule has 1 N–H and O–H groups in total. The minimum Gasteiger partial charge on any atom is -0.457 e. The fraction of sp³-hybridized carbons (Fsp3) is 0.200. The molecule has 2 aromatic carbocycles. The van der Waals surface area contributed by atoms with Crippen molar-refractivity contribution in [2.45, 2.75) is 13.8 Å². The number of non-ortho nitro benzene ring substituents is 1. The number of hydrogen-bond donors (Lipinski definition) is 1. The van der Waals surface area contributed by atoms with E-state index in [1.165, 1.54) is 12.1 Å². The van der Waals surface area contributed by atoms with Gasteiger partial charge in [0.15, 0.2) is 0 Å². The van der Waals surface area contributed by atoms with Gasteiger partial charge < -0.3 is 10.1 Å². The van der Waals surface area contributed by atoms with Crippen LogP contribution in [0, 0.1) is 17.0 Å². The molecule has 0 amide bonds. The first-order chi connectivity index (χ1) is 9.99. The zero-order valence-electron chi connectivity index (χ0n) is 11.7. The van der Waals surface area contributed by atoms with E-state index in [9.17, 15) is 10.1 Å². The van der Waals surface area contributed by atoms with Gasteiger partial charge in [-0.05, 0) is 37.6 Å². The van der Waals surface area contributed by atoms with Gasteiger partial charge in [-0.15, -0.1) is 0 Å². The first kappa shape index (κ1) is 15.1. The predicted molar refractivity (Wildman–Crippen MR) is 83.5 cm³/mol. The van der Waals surface area contributed by atoms with Crippen molar-refractivity contribution in [3.63, 3.8) is 0 Å². The lowest BCUT2D eigenvalue weighted by atomic mass is 10.2. The average Bonchev–Trinajstić information content (AvgIpc) is 2.43. The predicted octanol–water partition coefficient (Wildman–Crippen LogP) is 4.78. The van der Waals surface area contributed by atoms with E-state index in [-0.39, 0.29) is 5.69 Å². The van der Waals surface area contributed by atoms with Crippen molar-refractivity contribution in [3.8, 4) is 11.5 Å². The molecule has 0 spiro atoms. The summed E-state index contributed by atoms with van der Waals surface area (Å²) in [6.45, 7) is 4.45. The second-order valence-electron chi connectivity index (χ2n) is 4.52. The van der Waals surface area contributed by atoms with Gasteiger partial charge in [0.2, 0.25) is 0 Å². The van der Waals surface area contributed by atoms with Crippen LogP contribution in [-0.4, -0.2) is 11.5 Å². The van der Waals surface area contributed by atoms with Gasteiger partial charge in [0.25, 0.3) is 5.69 Å². The molecule has 0 radical (unpaired) electrons. The van der Waals surface area contributed by atoms with Gasteiger partial charge in [-0.2, -0.15) is 0 Å². The average molecular weight is 307 g/mol. The number of halogens is 1. The van der Waals surface area contributed by atoms with Crippen LogP contribution in [0.1, 0.15) is 12.5 Å². The van der Waals surface area contributed by atoms with Crippen molar-refractivity contribution in [2.24, 2.45) is 0 Å². The van der Waals surface area contributed by atoms with Crippen molar-refractivity contribution in [1.82, 2.24) is 0 Å². The lowest BCUT2D eigenvalue weighted by molar-refractivity contribution is -0.384. The molecule has 0 aliphatic rings. The second kappa shape index (κ2) is 6.45. The third kappa shape index (κ3) is 3.86. The van der Waals surface area contributed by atoms with Gasteiger partial charge in [-0.25, -0.2) is 0 Å². The van der Waals surface area contributed by atoms with Crippen LogP contribution in [0.2, 0.25) is 5.02 Å². The Morgan fingerprint density at radius 2 is 2.00 bits per heavy atom. The topological polar surface area (TPSA) is 64.4 Å². The highest BCUT2D eigenvalue weighted by Gasteiger charge is 2.11. The van der Waals surface area contributed by atoms with Crippen LogP contribution in [0.25, 0.3) is 0 Å². The number of nitro groups is 1. The molecule has 110 valence electrons. The molecular formula is C15H15ClN2O3. The first-order valence-corrected chi connectivity index (χ1v) is 6.84. The van der Waals surface area contributed by atoms with Crippen LogP contribution >= 0.6 is 11.6 Å². The summed E-state index contributed by atoms with van der Waals surface area (Å²) in [5.74, 6) is 0.988. The molecule has 2 rings (SSSR count). The van der Waals surface area contributed by atoms with Crippen LogP contribution in [-0.2, 0) is 0 Å². The lowest BCUT2D eigenvalue weighted by Gasteiger charge is -2.10. The first-order valence-electron chi connectivity index (χ1n) is 6.47. The van der Waals surface area contributed by atoms with E-state index >= 15 is 0 Å². The Balaban J connectivity index is 2.33. The number of nitrogens with zero attached hydrogens (tertiary/aromatic N) is 1. The monoisotopic (exact) mass is 306 g/mol. The number of nitro benzene ring substituents is 1. The molecule has 0 bridgehead atoms. The largest absolute Gasteiger partial charge is 0.457 e. The van der Waals surface area contributed by atoms with E-state index in [2.05, 4.69) is 5.32 Å². The number of aryl methyl sites for hydroxylation is 1. The quantitative estimate of drug-likeness (QED) is 0.637. The molecule has 0 fully saturated rings. The summed E-state index contributed by atoms with van der Waals surface area (Å²) >= 11 is 5.96. The van der Waals surface area contributed by atoms with E-state index in [4.69, 9.17) is 16.3 Å². The number of ether oxygens (including phenoxy) is 1. The Labute approximate surface area is 127 Å². The van der Waals surface area contributed by atoms with Crippen molar-refractivity contribution >= 4 is 23.0 Å². The highest BCUT2D eigenvalue weighted by Crippen LogP contribution is 2.31. The molecule has 0 aliphatic carbocycles. The summed E-state index contributed by atoms with van der Waals surface area (Å²) in [7, 11) is 0. The van der Waals surface area contributed by atoms with E-state index < -0.39 is 4.92 Å². The molecule has 5 nitrogen and oxygen atoms in total. The summed E-state index contributed by atoms with van der Waals surface area (Å²) in [4.78, 5) is 10.5. The van der Waals surface area contributed by atoms with Crippen molar-refractivity contribution in [1.29, 1.82) is 0 Å². The highest BCUT2D eigenvalue weighted by molar-refractivity contribution is 6.31. The molecule has 0 heterocycles. The van der Waals surface area contributed by atoms with Crippen LogP contribution in [0.3, 0.4) is 0 Å². The number of anilines is 1. The molecular weight excluding hydrogens is 292 g/mol. The van der Waals surface area contributed by atoms with E-state index in [0.29, 0.717) is 28.8 Å². The highest BCUT2D eigenvalue weighted by atomic mass is 35.5. The molecule has 2 aromatic rings. The van der Waals surface area contributed by atoms with E-state index in [0.717, 1.165) is 5.56 Å². The SMILES string of the molecule is CCNc1cc(Oc2ccc(Cl)c(C)c2)cc([N+](=O)[O-])c1. The van der Waals surface area contributed by atoms with Crippen molar-refractivity contribution < 1.29 is 9.66 Å². The zero-order chi connectivity index (χ0) is 15.4. The molecule has 0 saturated heterocycles.